The summed E-state index contributed by atoms with van der Waals surface area (Å²) in [7, 11) is 0. The zero-order valence-electron chi connectivity index (χ0n) is 11.1. The van der Waals surface area contributed by atoms with E-state index in [1.807, 2.05) is 11.6 Å². The Morgan fingerprint density at radius 2 is 2.20 bits per heavy atom. The lowest BCUT2D eigenvalue weighted by atomic mass is 10.4. The molecule has 3 rings (SSSR count). The Hall–Kier alpha value is -1.41. The lowest BCUT2D eigenvalue weighted by molar-refractivity contribution is 0.631. The Bertz CT molecular complexity index is 750. The van der Waals surface area contributed by atoms with Gasteiger partial charge in [-0.05, 0) is 29.8 Å². The highest BCUT2D eigenvalue weighted by Crippen LogP contribution is 2.30. The number of imidazole rings is 1. The fourth-order valence-electron chi connectivity index (χ4n) is 2.00. The molecule has 6 nitrogen and oxygen atoms in total. The molecular formula is C12H13BrN6S. The van der Waals surface area contributed by atoms with Gasteiger partial charge in [0, 0.05) is 12.3 Å². The van der Waals surface area contributed by atoms with Crippen molar-refractivity contribution in [1.29, 1.82) is 0 Å². The highest BCUT2D eigenvalue weighted by atomic mass is 79.9. The van der Waals surface area contributed by atoms with Crippen molar-refractivity contribution in [2.24, 2.45) is 0 Å². The third-order valence-corrected chi connectivity index (χ3v) is 5.02. The first-order valence-corrected chi connectivity index (χ1v) is 7.97. The Morgan fingerprint density at radius 1 is 1.35 bits per heavy atom. The van der Waals surface area contributed by atoms with Gasteiger partial charge in [-0.1, -0.05) is 11.8 Å². The van der Waals surface area contributed by atoms with Gasteiger partial charge in [-0.25, -0.2) is 15.0 Å². The van der Waals surface area contributed by atoms with Gasteiger partial charge in [0.2, 0.25) is 0 Å². The second-order valence-electron chi connectivity index (χ2n) is 4.23. The largest absolute Gasteiger partial charge is 0.341 e. The minimum absolute atomic E-state index is 0.696. The van der Waals surface area contributed by atoms with E-state index in [1.54, 1.807) is 24.4 Å². The van der Waals surface area contributed by atoms with Crippen LogP contribution in [0, 0.1) is 6.92 Å². The quantitative estimate of drug-likeness (QED) is 0.577. The van der Waals surface area contributed by atoms with Gasteiger partial charge >= 0.3 is 0 Å². The van der Waals surface area contributed by atoms with E-state index >= 15 is 0 Å². The van der Waals surface area contributed by atoms with Gasteiger partial charge in [-0.2, -0.15) is 5.10 Å². The van der Waals surface area contributed by atoms with Crippen molar-refractivity contribution in [3.8, 4) is 0 Å². The lowest BCUT2D eigenvalue weighted by Gasteiger charge is -2.05. The zero-order valence-corrected chi connectivity index (χ0v) is 13.5. The molecule has 3 aromatic heterocycles. The number of rotatable bonds is 4. The summed E-state index contributed by atoms with van der Waals surface area (Å²) in [4.78, 5) is 15.7. The first-order chi connectivity index (χ1) is 9.70. The number of hydrogen-bond donors (Lipinski definition) is 1. The van der Waals surface area contributed by atoms with Gasteiger partial charge in [0.25, 0.3) is 0 Å². The first-order valence-electron chi connectivity index (χ1n) is 6.19. The number of H-pyrrole nitrogens is 1. The first kappa shape index (κ1) is 13.6. The van der Waals surface area contributed by atoms with Crippen molar-refractivity contribution in [3.05, 3.63) is 28.5 Å². The molecule has 8 heteroatoms. The summed E-state index contributed by atoms with van der Waals surface area (Å²) < 4.78 is 3.08. The van der Waals surface area contributed by atoms with E-state index in [1.165, 1.54) is 5.69 Å². The molecular weight excluding hydrogens is 340 g/mol. The molecule has 0 aliphatic heterocycles. The molecule has 0 radical (unpaired) electrons. The predicted octanol–water partition coefficient (Wildman–Crippen LogP) is 2.93. The number of thioether (sulfide) groups is 1. The topological polar surface area (TPSA) is 72.3 Å². The maximum absolute atomic E-state index is 4.50. The van der Waals surface area contributed by atoms with Crippen LogP contribution in [-0.4, -0.2) is 29.7 Å². The maximum atomic E-state index is 4.50. The van der Waals surface area contributed by atoms with Crippen molar-refractivity contribution < 1.29 is 0 Å². The second kappa shape index (κ2) is 5.53. The van der Waals surface area contributed by atoms with Gasteiger partial charge in [0.05, 0.1) is 22.2 Å². The molecule has 3 aromatic rings. The minimum atomic E-state index is 0.696. The van der Waals surface area contributed by atoms with Crippen molar-refractivity contribution >= 4 is 38.9 Å². The average molecular weight is 353 g/mol. The van der Waals surface area contributed by atoms with Crippen LogP contribution in [0.15, 0.2) is 22.2 Å². The standard InChI is InChI=1S/C12H13BrN6S/c1-3-19-8(9(13)7(2)18-19)4-20-12-10-11(15-5-14-10)16-6-17-12/h5-6H,3-4H2,1-2H3,(H,14,15,16,17). The normalized spacial score (nSPS) is 11.3. The number of nitrogens with zero attached hydrogens (tertiary/aromatic N) is 5. The van der Waals surface area contributed by atoms with Crippen LogP contribution in [0.3, 0.4) is 0 Å². The van der Waals surface area contributed by atoms with Crippen LogP contribution in [-0.2, 0) is 12.3 Å². The van der Waals surface area contributed by atoms with Crippen LogP contribution in [0.2, 0.25) is 0 Å². The van der Waals surface area contributed by atoms with Gasteiger partial charge in [0.15, 0.2) is 5.65 Å². The van der Waals surface area contributed by atoms with Crippen LogP contribution in [0.1, 0.15) is 18.3 Å². The number of hydrogen-bond acceptors (Lipinski definition) is 5. The molecule has 0 aromatic carbocycles. The van der Waals surface area contributed by atoms with E-state index in [9.17, 15) is 0 Å². The monoisotopic (exact) mass is 352 g/mol. The number of aryl methyl sites for hydroxylation is 2. The summed E-state index contributed by atoms with van der Waals surface area (Å²) >= 11 is 5.26. The summed E-state index contributed by atoms with van der Waals surface area (Å²) in [5.74, 6) is 0.792. The molecule has 0 saturated heterocycles. The highest BCUT2D eigenvalue weighted by molar-refractivity contribution is 9.10. The summed E-state index contributed by atoms with van der Waals surface area (Å²) in [5.41, 5.74) is 3.76. The average Bonchev–Trinajstić information content (AvgIpc) is 3.03. The van der Waals surface area contributed by atoms with Gasteiger partial charge in [-0.3, -0.25) is 4.68 Å². The third-order valence-electron chi connectivity index (χ3n) is 2.99. The van der Waals surface area contributed by atoms with Crippen molar-refractivity contribution in [2.75, 3.05) is 0 Å². The van der Waals surface area contributed by atoms with Gasteiger partial charge < -0.3 is 4.98 Å². The van der Waals surface area contributed by atoms with Crippen molar-refractivity contribution in [3.63, 3.8) is 0 Å². The van der Waals surface area contributed by atoms with Crippen LogP contribution < -0.4 is 0 Å². The lowest BCUT2D eigenvalue weighted by Crippen LogP contribution is -2.02. The fraction of sp³-hybridized carbons (Fsp3) is 0.333. The zero-order chi connectivity index (χ0) is 14.1. The molecule has 0 saturated carbocycles. The van der Waals surface area contributed by atoms with E-state index in [4.69, 9.17) is 0 Å². The van der Waals surface area contributed by atoms with E-state index < -0.39 is 0 Å². The molecule has 0 amide bonds. The van der Waals surface area contributed by atoms with Crippen molar-refractivity contribution in [2.45, 2.75) is 31.2 Å². The molecule has 20 heavy (non-hydrogen) atoms. The van der Waals surface area contributed by atoms with Crippen LogP contribution >= 0.6 is 27.7 Å². The summed E-state index contributed by atoms with van der Waals surface area (Å²) in [6.45, 7) is 4.94. The van der Waals surface area contributed by atoms with Gasteiger partial charge in [0.1, 0.15) is 16.9 Å². The predicted molar refractivity (Wildman–Crippen MR) is 81.6 cm³/mol. The molecule has 0 aliphatic rings. The molecule has 104 valence electrons. The van der Waals surface area contributed by atoms with E-state index in [0.717, 1.165) is 33.0 Å². The van der Waals surface area contributed by atoms with Crippen molar-refractivity contribution in [1.82, 2.24) is 29.7 Å². The number of aromatic amines is 1. The molecule has 0 fully saturated rings. The van der Waals surface area contributed by atoms with E-state index in [0.29, 0.717) is 5.65 Å². The summed E-state index contributed by atoms with van der Waals surface area (Å²) in [6, 6.07) is 0. The van der Waals surface area contributed by atoms with E-state index in [2.05, 4.69) is 47.9 Å². The summed E-state index contributed by atoms with van der Waals surface area (Å²) in [6.07, 6.45) is 3.18. The Morgan fingerprint density at radius 3 is 3.00 bits per heavy atom. The van der Waals surface area contributed by atoms with Crippen LogP contribution in [0.4, 0.5) is 0 Å². The number of fused-ring (bicyclic) bond motifs is 1. The highest BCUT2D eigenvalue weighted by Gasteiger charge is 2.14. The number of halogens is 1. The minimum Gasteiger partial charge on any atom is -0.341 e. The molecule has 0 unspecified atom stereocenters. The molecule has 0 atom stereocenters. The maximum Gasteiger partial charge on any atom is 0.181 e. The molecule has 0 aliphatic carbocycles. The Kier molecular flexibility index (Phi) is 3.75. The SMILES string of the molecule is CCn1nc(C)c(Br)c1CSc1ncnc2nc[nH]c12. The van der Waals surface area contributed by atoms with Crippen LogP contribution in [0.5, 0.6) is 0 Å². The van der Waals surface area contributed by atoms with E-state index in [-0.39, 0.29) is 0 Å². The third kappa shape index (κ3) is 2.33. The molecule has 0 spiro atoms. The smallest absolute Gasteiger partial charge is 0.181 e. The Labute approximate surface area is 128 Å². The molecule has 3 heterocycles. The fourth-order valence-corrected chi connectivity index (χ4v) is 3.59. The molecule has 0 bridgehead atoms. The Balaban J connectivity index is 1.88. The second-order valence-corrected chi connectivity index (χ2v) is 5.99. The van der Waals surface area contributed by atoms with Gasteiger partial charge in [-0.15, -0.1) is 0 Å². The number of nitrogens with one attached hydrogen (secondary N) is 1. The molecule has 1 N–H and O–H groups in total. The van der Waals surface area contributed by atoms with Crippen LogP contribution in [0.25, 0.3) is 11.2 Å². The summed E-state index contributed by atoms with van der Waals surface area (Å²) in [5, 5.41) is 5.40. The number of aromatic nitrogens is 6.